The number of hydrogen-bond donors (Lipinski definition) is 1. The van der Waals surface area contributed by atoms with E-state index in [2.05, 4.69) is 15.5 Å². The van der Waals surface area contributed by atoms with Gasteiger partial charge in [0, 0.05) is 12.4 Å². The Kier molecular flexibility index (Phi) is 5.58. The average Bonchev–Trinajstić information content (AvgIpc) is 3.17. The van der Waals surface area contributed by atoms with Gasteiger partial charge in [-0.2, -0.15) is 10.2 Å². The van der Waals surface area contributed by atoms with Gasteiger partial charge >= 0.3 is 0 Å². The van der Waals surface area contributed by atoms with Crippen molar-refractivity contribution in [2.75, 3.05) is 5.32 Å². The Morgan fingerprint density at radius 3 is 2.62 bits per heavy atom. The first-order valence-corrected chi connectivity index (χ1v) is 8.69. The highest BCUT2D eigenvalue weighted by molar-refractivity contribution is 6.33. The molecule has 0 aliphatic heterocycles. The van der Waals surface area contributed by atoms with E-state index in [1.807, 2.05) is 6.92 Å². The van der Waals surface area contributed by atoms with Gasteiger partial charge < -0.3 is 5.32 Å². The Morgan fingerprint density at radius 1 is 1.27 bits per heavy atom. The van der Waals surface area contributed by atoms with Gasteiger partial charge in [0.2, 0.25) is 5.91 Å². The zero-order valence-electron chi connectivity index (χ0n) is 13.9. The lowest BCUT2D eigenvalue weighted by Crippen LogP contribution is -2.26. The van der Waals surface area contributed by atoms with Crippen LogP contribution in [0.3, 0.4) is 0 Å². The fourth-order valence-corrected chi connectivity index (χ4v) is 2.86. The zero-order chi connectivity index (χ0) is 18.7. The molecule has 0 spiro atoms. The smallest absolute Gasteiger partial charge is 0.250 e. The first kappa shape index (κ1) is 18.4. The molecule has 0 aliphatic rings. The Hall–Kier alpha value is -2.38. The van der Waals surface area contributed by atoms with Crippen molar-refractivity contribution < 1.29 is 9.18 Å². The first-order chi connectivity index (χ1) is 12.5. The lowest BCUT2D eigenvalue weighted by molar-refractivity contribution is -0.119. The number of carbonyl (C=O) groups excluding carboxylic acids is 1. The summed E-state index contributed by atoms with van der Waals surface area (Å²) in [7, 11) is 0. The second-order valence-corrected chi connectivity index (χ2v) is 6.55. The number of amides is 1. The van der Waals surface area contributed by atoms with Gasteiger partial charge in [0.25, 0.3) is 0 Å². The highest BCUT2D eigenvalue weighted by Gasteiger charge is 2.21. The standard InChI is InChI=1S/C17H16Cl2FN5O/c1-2-15(25-9-12(18)7-21-25)17(26)22-16-14(19)10-24(23-16)8-11-3-5-13(20)6-4-11/h3-7,9-10,15H,2,8H2,1H3,(H,22,23,26). The van der Waals surface area contributed by atoms with Crippen LogP contribution in [0.1, 0.15) is 24.9 Å². The van der Waals surface area contributed by atoms with Crippen LogP contribution in [0.15, 0.2) is 42.9 Å². The summed E-state index contributed by atoms with van der Waals surface area (Å²) in [5.74, 6) is -0.332. The van der Waals surface area contributed by atoms with Crippen LogP contribution in [0.2, 0.25) is 10.0 Å². The van der Waals surface area contributed by atoms with E-state index in [-0.39, 0.29) is 17.5 Å². The fourth-order valence-electron chi connectivity index (χ4n) is 2.52. The lowest BCUT2D eigenvalue weighted by Gasteiger charge is -2.14. The molecule has 2 heterocycles. The second-order valence-electron chi connectivity index (χ2n) is 5.70. The minimum Gasteiger partial charge on any atom is -0.306 e. The molecule has 0 bridgehead atoms. The van der Waals surface area contributed by atoms with E-state index >= 15 is 0 Å². The minimum atomic E-state index is -0.527. The third-order valence-corrected chi connectivity index (χ3v) is 4.27. The van der Waals surface area contributed by atoms with Crippen molar-refractivity contribution in [3.8, 4) is 0 Å². The van der Waals surface area contributed by atoms with Crippen molar-refractivity contribution >= 4 is 34.9 Å². The molecule has 1 N–H and O–H groups in total. The monoisotopic (exact) mass is 395 g/mol. The van der Waals surface area contributed by atoms with Gasteiger partial charge in [-0.3, -0.25) is 14.2 Å². The van der Waals surface area contributed by atoms with Gasteiger partial charge in [-0.25, -0.2) is 4.39 Å². The first-order valence-electron chi connectivity index (χ1n) is 7.94. The topological polar surface area (TPSA) is 64.7 Å². The summed E-state index contributed by atoms with van der Waals surface area (Å²) in [6.07, 6.45) is 5.19. The molecule has 2 aromatic heterocycles. The zero-order valence-corrected chi connectivity index (χ0v) is 15.4. The number of nitrogens with zero attached hydrogens (tertiary/aromatic N) is 4. The molecule has 0 radical (unpaired) electrons. The van der Waals surface area contributed by atoms with E-state index in [1.165, 1.54) is 23.0 Å². The molecule has 26 heavy (non-hydrogen) atoms. The number of rotatable bonds is 6. The average molecular weight is 396 g/mol. The molecule has 3 aromatic rings. The van der Waals surface area contributed by atoms with E-state index in [0.29, 0.717) is 23.0 Å². The maximum Gasteiger partial charge on any atom is 0.250 e. The van der Waals surface area contributed by atoms with E-state index in [4.69, 9.17) is 23.2 Å². The van der Waals surface area contributed by atoms with Crippen LogP contribution >= 0.6 is 23.2 Å². The van der Waals surface area contributed by atoms with Crippen molar-refractivity contribution in [2.24, 2.45) is 0 Å². The van der Waals surface area contributed by atoms with E-state index < -0.39 is 6.04 Å². The molecule has 3 rings (SSSR count). The summed E-state index contributed by atoms with van der Waals surface area (Å²) in [5, 5.41) is 11.8. The predicted molar refractivity (Wildman–Crippen MR) is 97.9 cm³/mol. The molecule has 0 saturated heterocycles. The van der Waals surface area contributed by atoms with Crippen LogP contribution in [-0.2, 0) is 11.3 Å². The number of aromatic nitrogens is 4. The third-order valence-electron chi connectivity index (χ3n) is 3.80. The number of benzene rings is 1. The highest BCUT2D eigenvalue weighted by Crippen LogP contribution is 2.23. The molecule has 0 saturated carbocycles. The maximum atomic E-state index is 13.0. The maximum absolute atomic E-state index is 13.0. The highest BCUT2D eigenvalue weighted by atomic mass is 35.5. The predicted octanol–water partition coefficient (Wildman–Crippen LogP) is 4.16. The van der Waals surface area contributed by atoms with Crippen LogP contribution in [-0.4, -0.2) is 25.5 Å². The molecular weight excluding hydrogens is 380 g/mol. The summed E-state index contributed by atoms with van der Waals surface area (Å²) in [5.41, 5.74) is 0.862. The van der Waals surface area contributed by atoms with Gasteiger partial charge in [0.15, 0.2) is 5.82 Å². The molecule has 1 aromatic carbocycles. The molecule has 1 unspecified atom stereocenters. The number of halogens is 3. The van der Waals surface area contributed by atoms with Gasteiger partial charge in [-0.1, -0.05) is 42.3 Å². The Labute approximate surface area is 159 Å². The molecule has 1 atom stereocenters. The number of hydrogen-bond acceptors (Lipinski definition) is 3. The SMILES string of the molecule is CCC(C(=O)Nc1nn(Cc2ccc(F)cc2)cc1Cl)n1cc(Cl)cn1. The van der Waals surface area contributed by atoms with Crippen LogP contribution in [0.5, 0.6) is 0 Å². The van der Waals surface area contributed by atoms with Crippen molar-refractivity contribution in [3.63, 3.8) is 0 Å². The number of nitrogens with one attached hydrogen (secondary N) is 1. The summed E-state index contributed by atoms with van der Waals surface area (Å²) >= 11 is 12.0. The molecule has 0 aliphatic carbocycles. The number of carbonyl (C=O) groups is 1. The van der Waals surface area contributed by atoms with Gasteiger partial charge in [-0.05, 0) is 24.1 Å². The van der Waals surface area contributed by atoms with Crippen LogP contribution in [0.4, 0.5) is 10.2 Å². The Bertz CT molecular complexity index is 906. The lowest BCUT2D eigenvalue weighted by atomic mass is 10.2. The van der Waals surface area contributed by atoms with Crippen molar-refractivity contribution in [3.05, 3.63) is 64.3 Å². The Morgan fingerprint density at radius 2 is 2.00 bits per heavy atom. The van der Waals surface area contributed by atoms with Crippen LogP contribution < -0.4 is 5.32 Å². The van der Waals surface area contributed by atoms with Crippen molar-refractivity contribution in [2.45, 2.75) is 25.9 Å². The molecule has 6 nitrogen and oxygen atoms in total. The third kappa shape index (κ3) is 4.23. The molecule has 136 valence electrons. The molecular formula is C17H16Cl2FN5O. The molecule has 1 amide bonds. The summed E-state index contributed by atoms with van der Waals surface area (Å²) < 4.78 is 16.1. The summed E-state index contributed by atoms with van der Waals surface area (Å²) in [4.78, 5) is 12.5. The van der Waals surface area contributed by atoms with Gasteiger partial charge in [0.05, 0.1) is 17.8 Å². The molecule has 9 heteroatoms. The van der Waals surface area contributed by atoms with Crippen molar-refractivity contribution in [1.29, 1.82) is 0 Å². The minimum absolute atomic E-state index is 0.260. The van der Waals surface area contributed by atoms with E-state index in [0.717, 1.165) is 5.56 Å². The van der Waals surface area contributed by atoms with Crippen LogP contribution in [0, 0.1) is 5.82 Å². The summed E-state index contributed by atoms with van der Waals surface area (Å²) in [6.45, 7) is 2.27. The Balaban J connectivity index is 1.72. The van der Waals surface area contributed by atoms with E-state index in [9.17, 15) is 9.18 Å². The molecule has 0 fully saturated rings. The summed E-state index contributed by atoms with van der Waals surface area (Å²) in [6, 6.07) is 5.56. The van der Waals surface area contributed by atoms with Gasteiger partial charge in [-0.15, -0.1) is 0 Å². The van der Waals surface area contributed by atoms with Crippen molar-refractivity contribution in [1.82, 2.24) is 19.6 Å². The van der Waals surface area contributed by atoms with Crippen LogP contribution in [0.25, 0.3) is 0 Å². The second kappa shape index (κ2) is 7.88. The largest absolute Gasteiger partial charge is 0.306 e. The quantitative estimate of drug-likeness (QED) is 0.681. The normalized spacial score (nSPS) is 12.2. The van der Waals surface area contributed by atoms with Gasteiger partial charge in [0.1, 0.15) is 16.9 Å². The number of anilines is 1. The van der Waals surface area contributed by atoms with E-state index in [1.54, 1.807) is 29.2 Å². The fraction of sp³-hybridized carbons (Fsp3) is 0.235.